The van der Waals surface area contributed by atoms with E-state index in [-0.39, 0.29) is 10.6 Å². The Morgan fingerprint density at radius 1 is 1.75 bits per heavy atom. The molecular weight excluding hydrogens is 404 g/mol. The van der Waals surface area contributed by atoms with E-state index >= 15 is 0 Å². The summed E-state index contributed by atoms with van der Waals surface area (Å²) in [7, 11) is 0. The first-order valence-electron chi connectivity index (χ1n) is 2.85. The van der Waals surface area contributed by atoms with E-state index in [0.717, 1.165) is 8.46 Å². The van der Waals surface area contributed by atoms with Gasteiger partial charge in [0.25, 0.3) is 5.69 Å². The standard InChI is InChI=1S/C6H3I2NO2S/c7-3-4(8)6-5(9(10)11)1-2-12-6/h1-3H/b4-3+. The third-order valence-electron chi connectivity index (χ3n) is 1.15. The Bertz CT molecular complexity index is 334. The van der Waals surface area contributed by atoms with Gasteiger partial charge >= 0.3 is 0 Å². The van der Waals surface area contributed by atoms with Crippen LogP contribution in [-0.2, 0) is 0 Å². The number of nitro groups is 1. The third-order valence-corrected chi connectivity index (χ3v) is 5.12. The van der Waals surface area contributed by atoms with Crippen LogP contribution in [0.15, 0.2) is 15.5 Å². The minimum atomic E-state index is -0.357. The Kier molecular flexibility index (Phi) is 3.90. The van der Waals surface area contributed by atoms with Crippen LogP contribution in [0.5, 0.6) is 0 Å². The monoisotopic (exact) mass is 407 g/mol. The van der Waals surface area contributed by atoms with E-state index in [4.69, 9.17) is 0 Å². The van der Waals surface area contributed by atoms with Crippen LogP contribution in [0.1, 0.15) is 4.88 Å². The van der Waals surface area contributed by atoms with Crippen LogP contribution in [0.25, 0.3) is 3.58 Å². The first-order chi connectivity index (χ1) is 5.66. The summed E-state index contributed by atoms with van der Waals surface area (Å²) in [6.07, 6.45) is 0. The average molecular weight is 407 g/mol. The van der Waals surface area contributed by atoms with Crippen molar-refractivity contribution in [2.45, 2.75) is 0 Å². The quantitative estimate of drug-likeness (QED) is 0.425. The lowest BCUT2D eigenvalue weighted by atomic mass is 10.4. The molecule has 0 amide bonds. The molecule has 0 fully saturated rings. The van der Waals surface area contributed by atoms with Gasteiger partial charge in [0.15, 0.2) is 0 Å². The first-order valence-corrected chi connectivity index (χ1v) is 6.05. The lowest BCUT2D eigenvalue weighted by molar-refractivity contribution is -0.384. The highest BCUT2D eigenvalue weighted by atomic mass is 127. The van der Waals surface area contributed by atoms with Crippen LogP contribution >= 0.6 is 56.5 Å². The van der Waals surface area contributed by atoms with Gasteiger partial charge in [-0.2, -0.15) is 0 Å². The van der Waals surface area contributed by atoms with Gasteiger partial charge in [-0.25, -0.2) is 0 Å². The zero-order valence-electron chi connectivity index (χ0n) is 5.66. The molecule has 1 aromatic rings. The van der Waals surface area contributed by atoms with Gasteiger partial charge in [-0.05, 0) is 32.1 Å². The van der Waals surface area contributed by atoms with Crippen LogP contribution in [0.2, 0.25) is 0 Å². The van der Waals surface area contributed by atoms with Crippen LogP contribution in [0.3, 0.4) is 0 Å². The molecule has 6 heteroatoms. The summed E-state index contributed by atoms with van der Waals surface area (Å²) in [5.41, 5.74) is 0.192. The highest BCUT2D eigenvalue weighted by Crippen LogP contribution is 2.35. The zero-order valence-corrected chi connectivity index (χ0v) is 10.8. The molecule has 0 unspecified atom stereocenters. The van der Waals surface area contributed by atoms with Crippen LogP contribution < -0.4 is 0 Å². The molecule has 12 heavy (non-hydrogen) atoms. The Hall–Kier alpha value is 0.300. The molecule has 64 valence electrons. The molecule has 0 aliphatic heterocycles. The molecule has 3 nitrogen and oxygen atoms in total. The second kappa shape index (κ2) is 4.51. The maximum Gasteiger partial charge on any atom is 0.288 e. The molecular formula is C6H3I2NO2S. The van der Waals surface area contributed by atoms with Crippen molar-refractivity contribution < 1.29 is 4.92 Å². The summed E-state index contributed by atoms with van der Waals surface area (Å²) in [6.45, 7) is 0. The van der Waals surface area contributed by atoms with Gasteiger partial charge in [0.05, 0.1) is 4.92 Å². The number of halogens is 2. The van der Waals surface area contributed by atoms with Crippen LogP contribution in [0.4, 0.5) is 5.69 Å². The van der Waals surface area contributed by atoms with Gasteiger partial charge in [0, 0.05) is 9.65 Å². The molecule has 0 saturated carbocycles. The summed E-state index contributed by atoms with van der Waals surface area (Å²) in [6, 6.07) is 1.53. The molecule has 0 aliphatic carbocycles. The summed E-state index contributed by atoms with van der Waals surface area (Å²) in [5.74, 6) is 0. The number of hydrogen-bond acceptors (Lipinski definition) is 3. The minimum Gasteiger partial charge on any atom is -0.258 e. The van der Waals surface area contributed by atoms with Gasteiger partial charge in [-0.1, -0.05) is 22.6 Å². The van der Waals surface area contributed by atoms with Crippen molar-refractivity contribution in [3.8, 4) is 0 Å². The van der Waals surface area contributed by atoms with Crippen molar-refractivity contribution in [1.82, 2.24) is 0 Å². The summed E-state index contributed by atoms with van der Waals surface area (Å²) < 4.78 is 2.74. The fourth-order valence-electron chi connectivity index (χ4n) is 0.675. The van der Waals surface area contributed by atoms with Gasteiger partial charge in [-0.3, -0.25) is 10.1 Å². The number of thiophene rings is 1. The molecule has 1 rings (SSSR count). The highest BCUT2D eigenvalue weighted by molar-refractivity contribution is 14.1. The number of rotatable bonds is 2. The maximum atomic E-state index is 10.5. The SMILES string of the molecule is O=[N+]([O-])c1ccsc1/C(I)=C\I. The van der Waals surface area contributed by atoms with E-state index in [9.17, 15) is 10.1 Å². The summed E-state index contributed by atoms with van der Waals surface area (Å²) in [5, 5.41) is 12.2. The molecule has 0 bridgehead atoms. The lowest BCUT2D eigenvalue weighted by Gasteiger charge is -1.92. The van der Waals surface area contributed by atoms with Crippen molar-refractivity contribution in [3.05, 3.63) is 30.5 Å². The van der Waals surface area contributed by atoms with Crippen molar-refractivity contribution >= 4 is 65.8 Å². The van der Waals surface area contributed by atoms with E-state index in [0.29, 0.717) is 0 Å². The lowest BCUT2D eigenvalue weighted by Crippen LogP contribution is -1.87. The fourth-order valence-corrected chi connectivity index (χ4v) is 2.62. The molecule has 0 atom stereocenters. The fraction of sp³-hybridized carbons (Fsp3) is 0. The normalized spacial score (nSPS) is 11.7. The van der Waals surface area contributed by atoms with Gasteiger partial charge < -0.3 is 0 Å². The summed E-state index contributed by atoms with van der Waals surface area (Å²) >= 11 is 5.54. The Morgan fingerprint density at radius 2 is 2.42 bits per heavy atom. The largest absolute Gasteiger partial charge is 0.288 e. The molecule has 0 aliphatic rings. The number of hydrogen-bond donors (Lipinski definition) is 0. The Morgan fingerprint density at radius 3 is 2.92 bits per heavy atom. The minimum absolute atomic E-state index is 0.192. The molecule has 0 radical (unpaired) electrons. The zero-order chi connectivity index (χ0) is 9.14. The third kappa shape index (κ3) is 2.16. The van der Waals surface area contributed by atoms with E-state index in [1.807, 2.05) is 4.08 Å². The second-order valence-corrected chi connectivity index (χ2v) is 4.55. The molecule has 1 heterocycles. The molecule has 0 N–H and O–H groups in total. The first kappa shape index (κ1) is 10.4. The van der Waals surface area contributed by atoms with Crippen molar-refractivity contribution in [2.24, 2.45) is 0 Å². The van der Waals surface area contributed by atoms with Crippen LogP contribution in [-0.4, -0.2) is 4.92 Å². The Labute approximate surface area is 100 Å². The van der Waals surface area contributed by atoms with Crippen molar-refractivity contribution in [1.29, 1.82) is 0 Å². The van der Waals surface area contributed by atoms with Gasteiger partial charge in [0.1, 0.15) is 4.88 Å². The topological polar surface area (TPSA) is 43.1 Å². The van der Waals surface area contributed by atoms with E-state index in [1.54, 1.807) is 5.38 Å². The smallest absolute Gasteiger partial charge is 0.258 e. The molecule has 0 aromatic carbocycles. The van der Waals surface area contributed by atoms with Gasteiger partial charge in [-0.15, -0.1) is 11.3 Å². The number of nitrogens with zero attached hydrogens (tertiary/aromatic N) is 1. The average Bonchev–Trinajstić information content (AvgIpc) is 2.50. The molecule has 0 saturated heterocycles. The molecule has 1 aromatic heterocycles. The van der Waals surface area contributed by atoms with E-state index < -0.39 is 0 Å². The second-order valence-electron chi connectivity index (χ2n) is 1.85. The van der Waals surface area contributed by atoms with Crippen molar-refractivity contribution in [2.75, 3.05) is 0 Å². The molecule has 0 spiro atoms. The predicted molar refractivity (Wildman–Crippen MR) is 67.0 cm³/mol. The maximum absolute atomic E-state index is 10.5. The Balaban J connectivity index is 3.16. The van der Waals surface area contributed by atoms with Gasteiger partial charge in [0.2, 0.25) is 0 Å². The van der Waals surface area contributed by atoms with Crippen LogP contribution in [0, 0.1) is 10.1 Å². The predicted octanol–water partition coefficient (Wildman–Crippen LogP) is 3.82. The van der Waals surface area contributed by atoms with Crippen molar-refractivity contribution in [3.63, 3.8) is 0 Å². The van der Waals surface area contributed by atoms with E-state index in [2.05, 4.69) is 45.2 Å². The highest BCUT2D eigenvalue weighted by Gasteiger charge is 2.16. The summed E-state index contributed by atoms with van der Waals surface area (Å²) in [4.78, 5) is 10.9. The van der Waals surface area contributed by atoms with E-state index in [1.165, 1.54) is 17.4 Å².